The van der Waals surface area contributed by atoms with Crippen LogP contribution in [0.2, 0.25) is 0 Å². The average molecular weight is 228 g/mol. The minimum Gasteiger partial charge on any atom is -0.396 e. The lowest BCUT2D eigenvalue weighted by atomic mass is 9.63. The molecule has 4 atom stereocenters. The summed E-state index contributed by atoms with van der Waals surface area (Å²) in [5, 5.41) is 20.5. The Morgan fingerprint density at radius 1 is 1.31 bits per heavy atom. The molecule has 0 saturated heterocycles. The summed E-state index contributed by atoms with van der Waals surface area (Å²) in [6.07, 6.45) is 2.14. The van der Waals surface area contributed by atoms with Crippen LogP contribution >= 0.6 is 0 Å². The van der Waals surface area contributed by atoms with Gasteiger partial charge in [0.05, 0.1) is 12.2 Å². The zero-order valence-electron chi connectivity index (χ0n) is 10.8. The van der Waals surface area contributed by atoms with E-state index in [0.717, 1.165) is 12.8 Å². The van der Waals surface area contributed by atoms with E-state index in [0.29, 0.717) is 12.5 Å². The lowest BCUT2D eigenvalue weighted by Gasteiger charge is -2.47. The zero-order valence-corrected chi connectivity index (χ0v) is 10.8. The summed E-state index contributed by atoms with van der Waals surface area (Å²) in [6, 6.07) is 0. The van der Waals surface area contributed by atoms with Crippen molar-refractivity contribution in [2.75, 3.05) is 20.3 Å². The summed E-state index contributed by atoms with van der Waals surface area (Å²) >= 11 is 0. The van der Waals surface area contributed by atoms with E-state index in [1.54, 1.807) is 7.11 Å². The van der Waals surface area contributed by atoms with E-state index >= 15 is 0 Å². The van der Waals surface area contributed by atoms with Crippen molar-refractivity contribution in [1.29, 1.82) is 0 Å². The number of aliphatic hydroxyl groups excluding tert-OH is 1. The molecule has 0 unspecified atom stereocenters. The minimum absolute atomic E-state index is 0.0406. The lowest BCUT2D eigenvalue weighted by molar-refractivity contribution is -0.159. The lowest BCUT2D eigenvalue weighted by Crippen LogP contribution is -2.55. The Labute approximate surface area is 97.8 Å². The van der Waals surface area contributed by atoms with Gasteiger partial charge < -0.3 is 14.9 Å². The van der Waals surface area contributed by atoms with Crippen LogP contribution in [-0.2, 0) is 4.74 Å². The van der Waals surface area contributed by atoms with Crippen LogP contribution in [0.25, 0.3) is 0 Å². The molecule has 2 fully saturated rings. The molecule has 0 aliphatic heterocycles. The Kier molecular flexibility index (Phi) is 2.65. The summed E-state index contributed by atoms with van der Waals surface area (Å²) in [5.74, 6) is 0.365. The maximum Gasteiger partial charge on any atom is 0.0990 e. The van der Waals surface area contributed by atoms with E-state index in [9.17, 15) is 10.2 Å². The fourth-order valence-corrected chi connectivity index (χ4v) is 4.52. The normalized spacial score (nSPS) is 49.9. The van der Waals surface area contributed by atoms with Gasteiger partial charge in [-0.1, -0.05) is 20.8 Å². The van der Waals surface area contributed by atoms with Gasteiger partial charge in [0.15, 0.2) is 0 Å². The highest BCUT2D eigenvalue weighted by molar-refractivity contribution is 5.21. The van der Waals surface area contributed by atoms with Crippen molar-refractivity contribution < 1.29 is 14.9 Å². The quantitative estimate of drug-likeness (QED) is 0.768. The fourth-order valence-electron chi connectivity index (χ4n) is 4.52. The smallest absolute Gasteiger partial charge is 0.0990 e. The van der Waals surface area contributed by atoms with Gasteiger partial charge in [-0.25, -0.2) is 0 Å². The molecule has 3 heteroatoms. The number of hydrogen-bond donors (Lipinski definition) is 2. The Morgan fingerprint density at radius 2 is 1.94 bits per heavy atom. The Bertz CT molecular complexity index is 289. The Morgan fingerprint density at radius 3 is 2.44 bits per heavy atom. The van der Waals surface area contributed by atoms with Gasteiger partial charge >= 0.3 is 0 Å². The van der Waals surface area contributed by atoms with Gasteiger partial charge in [-0.2, -0.15) is 0 Å². The molecule has 2 aliphatic rings. The molecule has 0 aromatic carbocycles. The van der Waals surface area contributed by atoms with Crippen LogP contribution in [0.5, 0.6) is 0 Å². The SMILES string of the molecule is COC[C@@]1(O)[C@H](CO)[C@@H]2CC[C@@]1(C)C2(C)C. The van der Waals surface area contributed by atoms with Crippen molar-refractivity contribution in [3.63, 3.8) is 0 Å². The Hall–Kier alpha value is -0.120. The molecule has 3 nitrogen and oxygen atoms in total. The number of ether oxygens (including phenoxy) is 1. The largest absolute Gasteiger partial charge is 0.396 e. The van der Waals surface area contributed by atoms with Crippen molar-refractivity contribution >= 4 is 0 Å². The highest BCUT2D eigenvalue weighted by atomic mass is 16.5. The van der Waals surface area contributed by atoms with E-state index in [-0.39, 0.29) is 23.4 Å². The van der Waals surface area contributed by atoms with E-state index in [1.165, 1.54) is 0 Å². The molecule has 2 N–H and O–H groups in total. The molecule has 16 heavy (non-hydrogen) atoms. The molecule has 2 aliphatic carbocycles. The van der Waals surface area contributed by atoms with Gasteiger partial charge in [-0.15, -0.1) is 0 Å². The number of methoxy groups -OCH3 is 1. The van der Waals surface area contributed by atoms with Gasteiger partial charge in [0.2, 0.25) is 0 Å². The van der Waals surface area contributed by atoms with Gasteiger partial charge in [0.25, 0.3) is 0 Å². The minimum atomic E-state index is -0.872. The summed E-state index contributed by atoms with van der Waals surface area (Å²) in [6.45, 7) is 6.99. The molecule has 2 rings (SSSR count). The van der Waals surface area contributed by atoms with E-state index in [2.05, 4.69) is 20.8 Å². The molecule has 0 aromatic heterocycles. The highest BCUT2D eigenvalue weighted by Crippen LogP contribution is 2.71. The van der Waals surface area contributed by atoms with Crippen molar-refractivity contribution in [2.24, 2.45) is 22.7 Å². The van der Waals surface area contributed by atoms with Crippen LogP contribution in [0.4, 0.5) is 0 Å². The summed E-state index contributed by atoms with van der Waals surface area (Å²) in [4.78, 5) is 0. The van der Waals surface area contributed by atoms with Crippen molar-refractivity contribution in [3.05, 3.63) is 0 Å². The second kappa shape index (κ2) is 3.44. The van der Waals surface area contributed by atoms with Gasteiger partial charge in [0.1, 0.15) is 0 Å². The summed E-state index contributed by atoms with van der Waals surface area (Å²) in [7, 11) is 1.62. The number of hydrogen-bond acceptors (Lipinski definition) is 3. The Balaban J connectivity index is 2.45. The number of aliphatic hydroxyl groups is 2. The van der Waals surface area contributed by atoms with Crippen LogP contribution in [-0.4, -0.2) is 36.1 Å². The highest BCUT2D eigenvalue weighted by Gasteiger charge is 2.72. The molecular formula is C13H24O3. The maximum atomic E-state index is 11.0. The second-order valence-corrected chi connectivity index (χ2v) is 6.35. The van der Waals surface area contributed by atoms with Crippen LogP contribution in [0, 0.1) is 22.7 Å². The predicted molar refractivity (Wildman–Crippen MR) is 62.0 cm³/mol. The van der Waals surface area contributed by atoms with E-state index < -0.39 is 5.60 Å². The van der Waals surface area contributed by atoms with Crippen LogP contribution in [0.15, 0.2) is 0 Å². The van der Waals surface area contributed by atoms with Gasteiger partial charge in [-0.05, 0) is 24.2 Å². The first-order valence-corrected chi connectivity index (χ1v) is 6.17. The topological polar surface area (TPSA) is 49.7 Å². The van der Waals surface area contributed by atoms with Crippen molar-refractivity contribution in [3.8, 4) is 0 Å². The average Bonchev–Trinajstić information content (AvgIpc) is 2.49. The maximum absolute atomic E-state index is 11.0. The van der Waals surface area contributed by atoms with Crippen LogP contribution in [0.1, 0.15) is 33.6 Å². The first kappa shape index (κ1) is 12.3. The molecule has 2 bridgehead atoms. The third-order valence-corrected chi connectivity index (χ3v) is 5.92. The molecule has 94 valence electrons. The molecule has 0 amide bonds. The third kappa shape index (κ3) is 1.09. The van der Waals surface area contributed by atoms with Gasteiger partial charge in [0, 0.05) is 25.0 Å². The fraction of sp³-hybridized carbons (Fsp3) is 1.00. The molecule has 0 heterocycles. The zero-order chi connectivity index (χ0) is 12.2. The van der Waals surface area contributed by atoms with Crippen LogP contribution in [0.3, 0.4) is 0 Å². The van der Waals surface area contributed by atoms with Crippen molar-refractivity contribution in [2.45, 2.75) is 39.2 Å². The molecular weight excluding hydrogens is 204 g/mol. The monoisotopic (exact) mass is 228 g/mol. The first-order valence-electron chi connectivity index (χ1n) is 6.17. The van der Waals surface area contributed by atoms with E-state index in [1.807, 2.05) is 0 Å². The van der Waals surface area contributed by atoms with Crippen molar-refractivity contribution in [1.82, 2.24) is 0 Å². The second-order valence-electron chi connectivity index (χ2n) is 6.35. The predicted octanol–water partition coefficient (Wildman–Crippen LogP) is 1.43. The first-order chi connectivity index (χ1) is 7.35. The number of fused-ring (bicyclic) bond motifs is 2. The summed E-state index contributed by atoms with van der Waals surface area (Å²) < 4.78 is 5.21. The van der Waals surface area contributed by atoms with Crippen LogP contribution < -0.4 is 0 Å². The molecule has 0 spiro atoms. The molecule has 0 radical (unpaired) electrons. The third-order valence-electron chi connectivity index (χ3n) is 5.92. The van der Waals surface area contributed by atoms with E-state index in [4.69, 9.17) is 4.74 Å². The molecule has 2 saturated carbocycles. The molecule has 0 aromatic rings. The standard InChI is InChI=1S/C13H24O3/c1-11(2)9-5-6-12(11,3)13(15,8-16-4)10(9)7-14/h9-10,14-15H,5-8H2,1-4H3/t9-,10+,12-,13+/m0/s1. The number of rotatable bonds is 3. The summed E-state index contributed by atoms with van der Waals surface area (Å²) in [5.41, 5.74) is -0.940. The van der Waals surface area contributed by atoms with Gasteiger partial charge in [-0.3, -0.25) is 0 Å².